The van der Waals surface area contributed by atoms with Crippen molar-refractivity contribution in [2.24, 2.45) is 11.8 Å². The number of ether oxygens (including phenoxy) is 1. The minimum absolute atomic E-state index is 0.0662. The molecule has 0 aromatic heterocycles. The van der Waals surface area contributed by atoms with Gasteiger partial charge in [0, 0.05) is 33.2 Å². The Kier molecular flexibility index (Phi) is 5.75. The lowest BCUT2D eigenvalue weighted by molar-refractivity contribution is -0.141. The van der Waals surface area contributed by atoms with Crippen molar-refractivity contribution in [1.29, 1.82) is 0 Å². The highest BCUT2D eigenvalue weighted by molar-refractivity contribution is 5.89. The van der Waals surface area contributed by atoms with Gasteiger partial charge < -0.3 is 20.1 Å². The summed E-state index contributed by atoms with van der Waals surface area (Å²) in [4.78, 5) is 35.7. The highest BCUT2D eigenvalue weighted by Gasteiger charge is 2.34. The van der Waals surface area contributed by atoms with Crippen molar-refractivity contribution in [3.63, 3.8) is 0 Å². The van der Waals surface area contributed by atoms with E-state index < -0.39 is 17.8 Å². The van der Waals surface area contributed by atoms with Crippen molar-refractivity contribution in [3.05, 3.63) is 0 Å². The number of rotatable bonds is 7. The molecule has 19 heavy (non-hydrogen) atoms. The molecule has 2 N–H and O–H groups in total. The Balaban J connectivity index is 2.38. The molecule has 1 fully saturated rings. The number of hydrogen-bond acceptors (Lipinski definition) is 4. The molecule has 7 heteroatoms. The van der Waals surface area contributed by atoms with Crippen LogP contribution in [0.4, 0.5) is 0 Å². The zero-order valence-electron chi connectivity index (χ0n) is 11.2. The number of carboxylic acid groups (broad SMARTS) is 1. The third-order valence-electron chi connectivity index (χ3n) is 3.15. The SMILES string of the molecule is COCCN1CC(C(=O)NCC(C)C(=O)O)CC1=O. The Morgan fingerprint density at radius 3 is 2.84 bits per heavy atom. The van der Waals surface area contributed by atoms with Gasteiger partial charge in [-0.25, -0.2) is 0 Å². The van der Waals surface area contributed by atoms with Crippen LogP contribution in [-0.2, 0) is 19.1 Å². The van der Waals surface area contributed by atoms with Crippen LogP contribution in [0.2, 0.25) is 0 Å². The largest absolute Gasteiger partial charge is 0.481 e. The van der Waals surface area contributed by atoms with Crippen LogP contribution in [0.15, 0.2) is 0 Å². The number of amides is 2. The molecule has 0 bridgehead atoms. The minimum atomic E-state index is -0.954. The molecule has 1 aliphatic heterocycles. The van der Waals surface area contributed by atoms with E-state index in [0.29, 0.717) is 19.7 Å². The molecule has 1 saturated heterocycles. The van der Waals surface area contributed by atoms with Crippen molar-refractivity contribution >= 4 is 17.8 Å². The van der Waals surface area contributed by atoms with Crippen molar-refractivity contribution in [1.82, 2.24) is 10.2 Å². The Bertz CT molecular complexity index is 358. The zero-order valence-corrected chi connectivity index (χ0v) is 11.2. The summed E-state index contributed by atoms with van der Waals surface area (Å²) < 4.78 is 4.89. The molecular formula is C12H20N2O5. The molecule has 2 atom stereocenters. The second-order valence-electron chi connectivity index (χ2n) is 4.72. The van der Waals surface area contributed by atoms with Gasteiger partial charge in [0.05, 0.1) is 18.4 Å². The lowest BCUT2D eigenvalue weighted by atomic mass is 10.1. The van der Waals surface area contributed by atoms with Crippen molar-refractivity contribution in [3.8, 4) is 0 Å². The van der Waals surface area contributed by atoms with E-state index in [1.165, 1.54) is 6.92 Å². The molecular weight excluding hydrogens is 252 g/mol. The number of hydrogen-bond donors (Lipinski definition) is 2. The van der Waals surface area contributed by atoms with Crippen LogP contribution in [0.1, 0.15) is 13.3 Å². The molecule has 0 spiro atoms. The van der Waals surface area contributed by atoms with Crippen LogP contribution >= 0.6 is 0 Å². The first-order valence-corrected chi connectivity index (χ1v) is 6.23. The van der Waals surface area contributed by atoms with Gasteiger partial charge in [-0.2, -0.15) is 0 Å². The maximum atomic E-state index is 11.8. The van der Waals surface area contributed by atoms with Crippen LogP contribution in [0, 0.1) is 11.8 Å². The Hall–Kier alpha value is -1.63. The van der Waals surface area contributed by atoms with E-state index in [1.807, 2.05) is 0 Å². The third kappa shape index (κ3) is 4.51. The first kappa shape index (κ1) is 15.4. The van der Waals surface area contributed by atoms with E-state index >= 15 is 0 Å². The second kappa shape index (κ2) is 7.08. The maximum absolute atomic E-state index is 11.8. The standard InChI is InChI=1S/C12H20N2O5/c1-8(12(17)18)6-13-11(16)9-5-10(15)14(7-9)3-4-19-2/h8-9H,3-7H2,1-2H3,(H,13,16)(H,17,18). The highest BCUT2D eigenvalue weighted by atomic mass is 16.5. The van der Waals surface area contributed by atoms with Crippen LogP contribution in [0.25, 0.3) is 0 Å². The molecule has 1 rings (SSSR count). The van der Waals surface area contributed by atoms with Crippen molar-refractivity contribution < 1.29 is 24.2 Å². The van der Waals surface area contributed by atoms with E-state index in [2.05, 4.69) is 5.32 Å². The molecule has 0 aromatic carbocycles. The summed E-state index contributed by atoms with van der Waals surface area (Å²) in [6.07, 6.45) is 0.178. The van der Waals surface area contributed by atoms with Gasteiger partial charge in [0.2, 0.25) is 11.8 Å². The zero-order chi connectivity index (χ0) is 14.4. The number of likely N-dealkylation sites (tertiary alicyclic amines) is 1. The Morgan fingerprint density at radius 1 is 1.58 bits per heavy atom. The number of carbonyl (C=O) groups excluding carboxylic acids is 2. The van der Waals surface area contributed by atoms with Gasteiger partial charge in [0.15, 0.2) is 0 Å². The fourth-order valence-electron chi connectivity index (χ4n) is 1.85. The normalized spacial score (nSPS) is 20.4. The molecule has 0 aromatic rings. The maximum Gasteiger partial charge on any atom is 0.308 e. The molecule has 2 amide bonds. The van der Waals surface area contributed by atoms with Gasteiger partial charge in [0.1, 0.15) is 0 Å². The van der Waals surface area contributed by atoms with Crippen molar-refractivity contribution in [2.45, 2.75) is 13.3 Å². The minimum Gasteiger partial charge on any atom is -0.481 e. The molecule has 1 aliphatic rings. The van der Waals surface area contributed by atoms with E-state index in [-0.39, 0.29) is 24.8 Å². The van der Waals surface area contributed by atoms with Crippen molar-refractivity contribution in [2.75, 3.05) is 33.4 Å². The van der Waals surface area contributed by atoms with E-state index in [1.54, 1.807) is 12.0 Å². The average molecular weight is 272 g/mol. The predicted molar refractivity (Wildman–Crippen MR) is 66.4 cm³/mol. The number of nitrogens with zero attached hydrogens (tertiary/aromatic N) is 1. The molecule has 0 radical (unpaired) electrons. The molecule has 108 valence electrons. The molecule has 7 nitrogen and oxygen atoms in total. The van der Waals surface area contributed by atoms with Gasteiger partial charge in [-0.1, -0.05) is 6.92 Å². The summed E-state index contributed by atoms with van der Waals surface area (Å²) in [5.41, 5.74) is 0. The number of carboxylic acids is 1. The number of methoxy groups -OCH3 is 1. The quantitative estimate of drug-likeness (QED) is 0.640. The Morgan fingerprint density at radius 2 is 2.26 bits per heavy atom. The highest BCUT2D eigenvalue weighted by Crippen LogP contribution is 2.17. The Labute approximate surface area is 111 Å². The molecule has 0 aliphatic carbocycles. The lowest BCUT2D eigenvalue weighted by Crippen LogP contribution is -2.37. The number of aliphatic carboxylic acids is 1. The summed E-state index contributed by atoms with van der Waals surface area (Å²) in [5, 5.41) is 11.3. The van der Waals surface area contributed by atoms with Gasteiger partial charge >= 0.3 is 5.97 Å². The van der Waals surface area contributed by atoms with Crippen LogP contribution in [0.3, 0.4) is 0 Å². The predicted octanol–water partition coefficient (Wildman–Crippen LogP) is -0.682. The fourth-order valence-corrected chi connectivity index (χ4v) is 1.85. The van der Waals surface area contributed by atoms with Gasteiger partial charge in [-0.3, -0.25) is 14.4 Å². The number of nitrogens with one attached hydrogen (secondary N) is 1. The first-order valence-electron chi connectivity index (χ1n) is 6.23. The summed E-state index contributed by atoms with van der Waals surface area (Å²) >= 11 is 0. The lowest BCUT2D eigenvalue weighted by Gasteiger charge is -2.16. The van der Waals surface area contributed by atoms with Crippen LogP contribution < -0.4 is 5.32 Å². The van der Waals surface area contributed by atoms with Gasteiger partial charge in [-0.15, -0.1) is 0 Å². The monoisotopic (exact) mass is 272 g/mol. The molecule has 1 heterocycles. The topological polar surface area (TPSA) is 95.9 Å². The van der Waals surface area contributed by atoms with E-state index in [4.69, 9.17) is 9.84 Å². The van der Waals surface area contributed by atoms with E-state index in [0.717, 1.165) is 0 Å². The van der Waals surface area contributed by atoms with Crippen LogP contribution in [0.5, 0.6) is 0 Å². The smallest absolute Gasteiger partial charge is 0.308 e. The summed E-state index contributed by atoms with van der Waals surface area (Å²) in [6.45, 7) is 2.89. The van der Waals surface area contributed by atoms with Gasteiger partial charge in [0.25, 0.3) is 0 Å². The second-order valence-corrected chi connectivity index (χ2v) is 4.72. The average Bonchev–Trinajstić information content (AvgIpc) is 2.74. The third-order valence-corrected chi connectivity index (χ3v) is 3.15. The summed E-state index contributed by atoms with van der Waals surface area (Å²) in [7, 11) is 1.55. The fraction of sp³-hybridized carbons (Fsp3) is 0.750. The molecule has 2 unspecified atom stereocenters. The summed E-state index contributed by atoms with van der Waals surface area (Å²) in [6, 6.07) is 0. The first-order chi connectivity index (χ1) is 8.95. The number of carbonyl (C=O) groups is 3. The van der Waals surface area contributed by atoms with E-state index in [9.17, 15) is 14.4 Å². The van der Waals surface area contributed by atoms with Crippen LogP contribution in [-0.4, -0.2) is 61.1 Å². The summed E-state index contributed by atoms with van der Waals surface area (Å²) in [5.74, 6) is -2.31. The van der Waals surface area contributed by atoms with Gasteiger partial charge in [-0.05, 0) is 0 Å². The molecule has 0 saturated carbocycles.